The van der Waals surface area contributed by atoms with Gasteiger partial charge in [0, 0.05) is 17.1 Å². The molecule has 0 saturated carbocycles. The minimum absolute atomic E-state index is 0.130. The van der Waals surface area contributed by atoms with Gasteiger partial charge in [-0.15, -0.1) is 0 Å². The standard InChI is InChI=1S/C15H18ClNO3/c1-10-9-11(16)6-7-12(10)14(18)17-8-4-3-5-13(17)15(19)20-2/h6-7,9,13H,3-5,8H2,1-2H3/t13-/m1/s1. The number of amides is 1. The van der Waals surface area contributed by atoms with E-state index in [2.05, 4.69) is 0 Å². The number of esters is 1. The van der Waals surface area contributed by atoms with Crippen LogP contribution in [0.15, 0.2) is 18.2 Å². The summed E-state index contributed by atoms with van der Waals surface area (Å²) in [5, 5.41) is 0.599. The van der Waals surface area contributed by atoms with Gasteiger partial charge in [-0.2, -0.15) is 0 Å². The molecule has 1 amide bonds. The largest absolute Gasteiger partial charge is 0.467 e. The fraction of sp³-hybridized carbons (Fsp3) is 0.467. The van der Waals surface area contributed by atoms with Gasteiger partial charge in [0.15, 0.2) is 0 Å². The highest BCUT2D eigenvalue weighted by molar-refractivity contribution is 6.30. The van der Waals surface area contributed by atoms with Crippen molar-refractivity contribution >= 4 is 23.5 Å². The first-order valence-electron chi connectivity index (χ1n) is 6.69. The van der Waals surface area contributed by atoms with Gasteiger partial charge in [0.2, 0.25) is 0 Å². The molecule has 2 rings (SSSR count). The molecule has 1 aromatic rings. The number of ether oxygens (including phenoxy) is 1. The van der Waals surface area contributed by atoms with Crippen molar-refractivity contribution in [3.63, 3.8) is 0 Å². The number of hydrogen-bond donors (Lipinski definition) is 0. The Hall–Kier alpha value is -1.55. The zero-order valence-electron chi connectivity index (χ0n) is 11.7. The summed E-state index contributed by atoms with van der Waals surface area (Å²) in [7, 11) is 1.35. The van der Waals surface area contributed by atoms with Crippen LogP contribution < -0.4 is 0 Å². The lowest BCUT2D eigenvalue weighted by Gasteiger charge is -2.34. The Kier molecular flexibility index (Phi) is 4.65. The molecule has 4 nitrogen and oxygen atoms in total. The predicted molar refractivity (Wildman–Crippen MR) is 76.9 cm³/mol. The molecule has 108 valence electrons. The van der Waals surface area contributed by atoms with Gasteiger partial charge in [0.1, 0.15) is 6.04 Å². The third-order valence-electron chi connectivity index (χ3n) is 3.66. The Morgan fingerprint density at radius 1 is 1.35 bits per heavy atom. The number of benzene rings is 1. The second-order valence-electron chi connectivity index (χ2n) is 4.99. The van der Waals surface area contributed by atoms with Gasteiger partial charge in [-0.3, -0.25) is 4.79 Å². The van der Waals surface area contributed by atoms with Crippen molar-refractivity contribution in [2.75, 3.05) is 13.7 Å². The van der Waals surface area contributed by atoms with Crippen LogP contribution in [0.2, 0.25) is 5.02 Å². The van der Waals surface area contributed by atoms with Crippen molar-refractivity contribution in [3.8, 4) is 0 Å². The maximum absolute atomic E-state index is 12.6. The Morgan fingerprint density at radius 3 is 2.75 bits per heavy atom. The minimum atomic E-state index is -0.476. The molecule has 1 heterocycles. The van der Waals surface area contributed by atoms with Crippen LogP contribution in [0.25, 0.3) is 0 Å². The quantitative estimate of drug-likeness (QED) is 0.788. The fourth-order valence-electron chi connectivity index (χ4n) is 2.58. The van der Waals surface area contributed by atoms with Gasteiger partial charge in [-0.25, -0.2) is 4.79 Å². The van der Waals surface area contributed by atoms with Crippen molar-refractivity contribution in [2.24, 2.45) is 0 Å². The number of methoxy groups -OCH3 is 1. The van der Waals surface area contributed by atoms with Gasteiger partial charge in [0.25, 0.3) is 5.91 Å². The van der Waals surface area contributed by atoms with Crippen LogP contribution in [0.5, 0.6) is 0 Å². The topological polar surface area (TPSA) is 46.6 Å². The highest BCUT2D eigenvalue weighted by Gasteiger charge is 2.33. The lowest BCUT2D eigenvalue weighted by atomic mass is 9.99. The van der Waals surface area contributed by atoms with Gasteiger partial charge >= 0.3 is 5.97 Å². The molecule has 20 heavy (non-hydrogen) atoms. The smallest absolute Gasteiger partial charge is 0.328 e. The molecule has 1 aromatic carbocycles. The number of aryl methyl sites for hydroxylation is 1. The minimum Gasteiger partial charge on any atom is -0.467 e. The lowest BCUT2D eigenvalue weighted by molar-refractivity contribution is -0.147. The zero-order chi connectivity index (χ0) is 14.7. The zero-order valence-corrected chi connectivity index (χ0v) is 12.4. The van der Waals surface area contributed by atoms with E-state index in [0.717, 1.165) is 18.4 Å². The first-order chi connectivity index (χ1) is 9.54. The summed E-state index contributed by atoms with van der Waals surface area (Å²) in [6.07, 6.45) is 2.50. The maximum atomic E-state index is 12.6. The summed E-state index contributed by atoms with van der Waals surface area (Å²) in [6.45, 7) is 2.43. The molecule has 0 unspecified atom stereocenters. The Labute approximate surface area is 123 Å². The van der Waals surface area contributed by atoms with E-state index >= 15 is 0 Å². The first-order valence-corrected chi connectivity index (χ1v) is 7.07. The second kappa shape index (κ2) is 6.27. The fourth-order valence-corrected chi connectivity index (χ4v) is 2.80. The van der Waals surface area contributed by atoms with E-state index in [4.69, 9.17) is 16.3 Å². The highest BCUT2D eigenvalue weighted by atomic mass is 35.5. The van der Waals surface area contributed by atoms with Crippen LogP contribution in [0.3, 0.4) is 0 Å². The summed E-state index contributed by atoms with van der Waals surface area (Å²) in [5.74, 6) is -0.473. The molecule has 1 fully saturated rings. The molecule has 1 aliphatic heterocycles. The van der Waals surface area contributed by atoms with E-state index in [0.29, 0.717) is 23.6 Å². The van der Waals surface area contributed by atoms with Crippen molar-refractivity contribution in [3.05, 3.63) is 34.3 Å². The van der Waals surface area contributed by atoms with Crippen molar-refractivity contribution in [1.82, 2.24) is 4.90 Å². The number of hydrogen-bond acceptors (Lipinski definition) is 3. The maximum Gasteiger partial charge on any atom is 0.328 e. The van der Waals surface area contributed by atoms with Crippen LogP contribution in [0.1, 0.15) is 35.2 Å². The molecule has 5 heteroatoms. The van der Waals surface area contributed by atoms with Crippen LogP contribution in [0, 0.1) is 6.92 Å². The van der Waals surface area contributed by atoms with Gasteiger partial charge in [-0.1, -0.05) is 11.6 Å². The van der Waals surface area contributed by atoms with Crippen LogP contribution in [-0.4, -0.2) is 36.5 Å². The Morgan fingerprint density at radius 2 is 2.10 bits per heavy atom. The first kappa shape index (κ1) is 14.9. The molecule has 1 atom stereocenters. The SMILES string of the molecule is COC(=O)[C@H]1CCCCN1C(=O)c1ccc(Cl)cc1C. The molecule has 0 radical (unpaired) electrons. The molecular formula is C15H18ClNO3. The summed E-state index contributed by atoms with van der Waals surface area (Å²) in [6, 6.07) is 4.68. The average molecular weight is 296 g/mol. The number of piperidine rings is 1. The normalized spacial score (nSPS) is 18.8. The monoisotopic (exact) mass is 295 g/mol. The molecule has 0 aliphatic carbocycles. The van der Waals surface area contributed by atoms with Crippen LogP contribution in [0.4, 0.5) is 0 Å². The van der Waals surface area contributed by atoms with E-state index < -0.39 is 6.04 Å². The van der Waals surface area contributed by atoms with Crippen LogP contribution in [-0.2, 0) is 9.53 Å². The van der Waals surface area contributed by atoms with Crippen LogP contribution >= 0.6 is 11.6 Å². The summed E-state index contributed by atoms with van der Waals surface area (Å²) in [4.78, 5) is 26.1. The third-order valence-corrected chi connectivity index (χ3v) is 3.89. The van der Waals surface area contributed by atoms with Gasteiger partial charge in [0.05, 0.1) is 7.11 Å². The van der Waals surface area contributed by atoms with E-state index in [1.807, 2.05) is 6.92 Å². The highest BCUT2D eigenvalue weighted by Crippen LogP contribution is 2.23. The molecular weight excluding hydrogens is 278 g/mol. The number of carbonyl (C=O) groups excluding carboxylic acids is 2. The Bertz CT molecular complexity index is 530. The van der Waals surface area contributed by atoms with Gasteiger partial charge < -0.3 is 9.64 Å². The van der Waals surface area contributed by atoms with Crippen molar-refractivity contribution < 1.29 is 14.3 Å². The second-order valence-corrected chi connectivity index (χ2v) is 5.43. The molecule has 0 bridgehead atoms. The summed E-state index contributed by atoms with van der Waals surface area (Å²) in [5.41, 5.74) is 1.40. The number of rotatable bonds is 2. The van der Waals surface area contributed by atoms with E-state index in [1.54, 1.807) is 23.1 Å². The van der Waals surface area contributed by atoms with E-state index in [9.17, 15) is 9.59 Å². The number of carbonyl (C=O) groups is 2. The van der Waals surface area contributed by atoms with E-state index in [-0.39, 0.29) is 11.9 Å². The third kappa shape index (κ3) is 2.96. The van der Waals surface area contributed by atoms with Crippen molar-refractivity contribution in [1.29, 1.82) is 0 Å². The van der Waals surface area contributed by atoms with Gasteiger partial charge in [-0.05, 0) is 49.9 Å². The summed E-state index contributed by atoms with van der Waals surface area (Å²) >= 11 is 5.91. The van der Waals surface area contributed by atoms with E-state index in [1.165, 1.54) is 7.11 Å². The molecule has 0 aromatic heterocycles. The number of likely N-dealkylation sites (tertiary alicyclic amines) is 1. The molecule has 0 spiro atoms. The lowest BCUT2D eigenvalue weighted by Crippen LogP contribution is -2.48. The average Bonchev–Trinajstić information content (AvgIpc) is 2.46. The molecule has 0 N–H and O–H groups in total. The van der Waals surface area contributed by atoms with Crippen molar-refractivity contribution in [2.45, 2.75) is 32.2 Å². The molecule has 1 saturated heterocycles. The number of nitrogens with zero attached hydrogens (tertiary/aromatic N) is 1. The Balaban J connectivity index is 2.27. The summed E-state index contributed by atoms with van der Waals surface area (Å²) < 4.78 is 4.80. The predicted octanol–water partition coefficient (Wildman–Crippen LogP) is 2.82. The molecule has 1 aliphatic rings. The number of halogens is 1.